The Balaban J connectivity index is 1.37. The second-order valence-corrected chi connectivity index (χ2v) is 10.7. The average molecular weight is 580 g/mol. The Kier molecular flexibility index (Phi) is 9.87. The van der Waals surface area contributed by atoms with Crippen molar-refractivity contribution in [2.24, 2.45) is 0 Å². The molecule has 43 heavy (non-hydrogen) atoms. The van der Waals surface area contributed by atoms with Crippen LogP contribution >= 0.6 is 0 Å². The maximum Gasteiger partial charge on any atom is 0.322 e. The zero-order valence-electron chi connectivity index (χ0n) is 24.2. The van der Waals surface area contributed by atoms with Gasteiger partial charge in [0.2, 0.25) is 5.91 Å². The highest BCUT2D eigenvalue weighted by Crippen LogP contribution is 2.35. The molecule has 1 saturated heterocycles. The molecule has 3 amide bonds. The molecule has 0 radical (unpaired) electrons. The molecule has 1 aliphatic heterocycles. The summed E-state index contributed by atoms with van der Waals surface area (Å²) in [5.41, 5.74) is 3.77. The number of nitrogens with zero attached hydrogens (tertiary/aromatic N) is 4. The molecule has 5 rings (SSSR count). The molecule has 10 nitrogen and oxygen atoms in total. The molecule has 0 atom stereocenters. The Bertz CT molecular complexity index is 1440. The van der Waals surface area contributed by atoms with Crippen LogP contribution in [0.15, 0.2) is 79.5 Å². The third-order valence-corrected chi connectivity index (χ3v) is 7.87. The third kappa shape index (κ3) is 7.70. The summed E-state index contributed by atoms with van der Waals surface area (Å²) in [6.45, 7) is 6.66. The number of hydrogen-bond acceptors (Lipinski definition) is 7. The first-order valence-corrected chi connectivity index (χ1v) is 14.7. The molecule has 222 valence electrons. The summed E-state index contributed by atoms with van der Waals surface area (Å²) in [6, 6.07) is 21.3. The van der Waals surface area contributed by atoms with Crippen LogP contribution < -0.4 is 25.8 Å². The fourth-order valence-electron chi connectivity index (χ4n) is 5.62. The lowest BCUT2D eigenvalue weighted by Crippen LogP contribution is -2.48. The van der Waals surface area contributed by atoms with Crippen LogP contribution in [0.2, 0.25) is 0 Å². The first-order chi connectivity index (χ1) is 21.0. The Morgan fingerprint density at radius 1 is 1.07 bits per heavy atom. The average Bonchev–Trinajstić information content (AvgIpc) is 3.06. The number of carbonyl (C=O) groups is 2. The van der Waals surface area contributed by atoms with Crippen molar-refractivity contribution in [2.45, 2.75) is 44.3 Å². The van der Waals surface area contributed by atoms with Crippen LogP contribution in [0, 0.1) is 11.3 Å². The molecule has 3 aromatic rings. The minimum atomic E-state index is -0.310. The number of aromatic nitrogens is 1. The molecule has 1 aliphatic carbocycles. The number of pyridine rings is 1. The third-order valence-electron chi connectivity index (χ3n) is 7.87. The number of urea groups is 1. The van der Waals surface area contributed by atoms with E-state index in [9.17, 15) is 9.59 Å². The Labute approximate surface area is 252 Å². The lowest BCUT2D eigenvalue weighted by molar-refractivity contribution is -0.111. The highest BCUT2D eigenvalue weighted by molar-refractivity contribution is 6.02. The molecule has 1 aromatic heterocycles. The molecule has 2 aromatic carbocycles. The van der Waals surface area contributed by atoms with Gasteiger partial charge in [0.25, 0.3) is 0 Å². The van der Waals surface area contributed by atoms with Crippen molar-refractivity contribution in [3.05, 3.63) is 90.6 Å². The number of nitriles is 1. The molecule has 10 heteroatoms. The number of hydrogen-bond donors (Lipinski definition) is 3. The van der Waals surface area contributed by atoms with Crippen molar-refractivity contribution in [1.29, 1.82) is 5.26 Å². The highest BCUT2D eigenvalue weighted by atomic mass is 16.5. The zero-order valence-corrected chi connectivity index (χ0v) is 24.2. The van der Waals surface area contributed by atoms with Crippen LogP contribution in [0.4, 0.5) is 27.7 Å². The molecular weight excluding hydrogens is 542 g/mol. The van der Waals surface area contributed by atoms with E-state index < -0.39 is 0 Å². The first kappa shape index (κ1) is 29.6. The van der Waals surface area contributed by atoms with Gasteiger partial charge in [0.1, 0.15) is 11.9 Å². The van der Waals surface area contributed by atoms with Gasteiger partial charge in [-0.2, -0.15) is 5.26 Å². The van der Waals surface area contributed by atoms with E-state index in [2.05, 4.69) is 38.5 Å². The summed E-state index contributed by atoms with van der Waals surface area (Å²) in [6.07, 6.45) is 6.08. The molecule has 2 heterocycles. The van der Waals surface area contributed by atoms with Gasteiger partial charge in [0.15, 0.2) is 0 Å². The van der Waals surface area contributed by atoms with Crippen molar-refractivity contribution >= 4 is 34.8 Å². The molecule has 0 spiro atoms. The highest BCUT2D eigenvalue weighted by Gasteiger charge is 2.31. The molecule has 1 saturated carbocycles. The normalized spacial score (nSPS) is 18.2. The van der Waals surface area contributed by atoms with Crippen LogP contribution in [0.1, 0.15) is 36.8 Å². The van der Waals surface area contributed by atoms with Crippen LogP contribution in [-0.2, 0) is 16.1 Å². The number of morpholine rings is 1. The molecular formula is C33H37N7O3. The van der Waals surface area contributed by atoms with Crippen molar-refractivity contribution in [3.63, 3.8) is 0 Å². The lowest BCUT2D eigenvalue weighted by Gasteiger charge is -2.38. The van der Waals surface area contributed by atoms with Gasteiger partial charge in [-0.15, -0.1) is 0 Å². The van der Waals surface area contributed by atoms with E-state index in [0.717, 1.165) is 42.8 Å². The standard InChI is InChI=1S/C33H37N7O3/c1-2-32(41)38-29-20-28(13-14-30(29)39-16-18-43-19-17-39)40(33(42)36-22-24-6-4-3-5-7-24)27-11-9-26(10-12-27)37-31-15-8-25(21-34)23-35-31/h2-8,13-15,20,23,26-27H,1,9-12,16-19,22H2,(H,35,37)(H,36,42)(H,38,41). The monoisotopic (exact) mass is 579 g/mol. The van der Waals surface area contributed by atoms with Gasteiger partial charge in [-0.3, -0.25) is 9.69 Å². The maximum absolute atomic E-state index is 13.9. The minimum Gasteiger partial charge on any atom is -0.378 e. The van der Waals surface area contributed by atoms with Gasteiger partial charge >= 0.3 is 6.03 Å². The number of carbonyl (C=O) groups excluding carboxylic acids is 2. The largest absolute Gasteiger partial charge is 0.378 e. The van der Waals surface area contributed by atoms with E-state index >= 15 is 0 Å². The summed E-state index contributed by atoms with van der Waals surface area (Å²) >= 11 is 0. The van der Waals surface area contributed by atoms with Crippen molar-refractivity contribution in [2.75, 3.05) is 46.7 Å². The number of rotatable bonds is 9. The summed E-state index contributed by atoms with van der Waals surface area (Å²) in [4.78, 5) is 34.7. The second kappa shape index (κ2) is 14.3. The fourth-order valence-corrected chi connectivity index (χ4v) is 5.62. The minimum absolute atomic E-state index is 0.0417. The van der Waals surface area contributed by atoms with E-state index in [0.29, 0.717) is 49.8 Å². The summed E-state index contributed by atoms with van der Waals surface area (Å²) in [5, 5.41) is 18.6. The number of anilines is 4. The van der Waals surface area contributed by atoms with Crippen molar-refractivity contribution in [1.82, 2.24) is 10.3 Å². The molecule has 0 bridgehead atoms. The van der Waals surface area contributed by atoms with Gasteiger partial charge in [0, 0.05) is 43.6 Å². The predicted molar refractivity (Wildman–Crippen MR) is 168 cm³/mol. The lowest BCUT2D eigenvalue weighted by atomic mass is 9.89. The van der Waals surface area contributed by atoms with E-state index in [1.807, 2.05) is 59.5 Å². The quantitative estimate of drug-likeness (QED) is 0.303. The van der Waals surface area contributed by atoms with Gasteiger partial charge < -0.3 is 25.6 Å². The first-order valence-electron chi connectivity index (χ1n) is 14.7. The predicted octanol–water partition coefficient (Wildman–Crippen LogP) is 5.05. The Hall–Kier alpha value is -4.88. The number of nitrogens with one attached hydrogen (secondary N) is 3. The Morgan fingerprint density at radius 2 is 1.84 bits per heavy atom. The number of amides is 3. The van der Waals surface area contributed by atoms with E-state index in [4.69, 9.17) is 10.00 Å². The van der Waals surface area contributed by atoms with E-state index in [1.165, 1.54) is 6.08 Å². The van der Waals surface area contributed by atoms with Gasteiger partial charge in [-0.1, -0.05) is 36.9 Å². The number of ether oxygens (including phenoxy) is 1. The SMILES string of the molecule is C=CC(=O)Nc1cc(N(C(=O)NCc2ccccc2)C2CCC(Nc3ccc(C#N)cn3)CC2)ccc1N1CCOCC1. The number of benzene rings is 2. The van der Waals surface area contributed by atoms with Crippen LogP contribution in [-0.4, -0.2) is 55.3 Å². The molecule has 3 N–H and O–H groups in total. The molecule has 2 fully saturated rings. The van der Waals surface area contributed by atoms with Crippen molar-refractivity contribution < 1.29 is 14.3 Å². The van der Waals surface area contributed by atoms with Crippen LogP contribution in [0.3, 0.4) is 0 Å². The summed E-state index contributed by atoms with van der Waals surface area (Å²) in [7, 11) is 0. The van der Waals surface area contributed by atoms with Crippen LogP contribution in [0.25, 0.3) is 0 Å². The van der Waals surface area contributed by atoms with Crippen molar-refractivity contribution in [3.8, 4) is 6.07 Å². The summed E-state index contributed by atoms with van der Waals surface area (Å²) < 4.78 is 5.53. The fraction of sp³-hybridized carbons (Fsp3) is 0.333. The van der Waals surface area contributed by atoms with Crippen LogP contribution in [0.5, 0.6) is 0 Å². The topological polar surface area (TPSA) is 123 Å². The maximum atomic E-state index is 13.9. The Morgan fingerprint density at radius 3 is 2.51 bits per heavy atom. The molecule has 2 aliphatic rings. The second-order valence-electron chi connectivity index (χ2n) is 10.7. The molecule has 0 unspecified atom stereocenters. The zero-order chi connectivity index (χ0) is 30.0. The van der Waals surface area contributed by atoms with Gasteiger partial charge in [-0.25, -0.2) is 9.78 Å². The summed E-state index contributed by atoms with van der Waals surface area (Å²) in [5.74, 6) is 0.427. The van der Waals surface area contributed by atoms with E-state index in [-0.39, 0.29) is 24.0 Å². The smallest absolute Gasteiger partial charge is 0.322 e. The van der Waals surface area contributed by atoms with E-state index in [1.54, 1.807) is 12.3 Å². The van der Waals surface area contributed by atoms with Gasteiger partial charge in [-0.05, 0) is 67.7 Å². The van der Waals surface area contributed by atoms with Gasteiger partial charge in [0.05, 0.1) is 30.2 Å².